The van der Waals surface area contributed by atoms with Crippen molar-refractivity contribution in [3.63, 3.8) is 0 Å². The number of anilines is 2. The molecule has 1 heterocycles. The molecule has 0 spiro atoms. The predicted octanol–water partition coefficient (Wildman–Crippen LogP) is 3.07. The summed E-state index contributed by atoms with van der Waals surface area (Å²) >= 11 is 1.30. The highest BCUT2D eigenvalue weighted by atomic mass is 32.1. The maximum absolute atomic E-state index is 12.1. The third-order valence-corrected chi connectivity index (χ3v) is 4.66. The zero-order chi connectivity index (χ0) is 20.6. The molecular weight excluding hydrogens is 388 g/mol. The molecule has 8 heteroatoms. The van der Waals surface area contributed by atoms with Crippen LogP contribution >= 0.6 is 11.3 Å². The smallest absolute Gasteiger partial charge is 0.245 e. The predicted molar refractivity (Wildman–Crippen MR) is 114 cm³/mol. The third kappa shape index (κ3) is 6.25. The number of thiazole rings is 1. The van der Waals surface area contributed by atoms with Crippen LogP contribution in [-0.2, 0) is 20.8 Å². The number of rotatable bonds is 7. The van der Waals surface area contributed by atoms with E-state index < -0.39 is 0 Å². The molecule has 3 aromatic rings. The molecule has 7 nitrogen and oxygen atoms in total. The summed E-state index contributed by atoms with van der Waals surface area (Å²) in [6.07, 6.45) is 0.226. The summed E-state index contributed by atoms with van der Waals surface area (Å²) in [4.78, 5) is 39.5. The van der Waals surface area contributed by atoms with Crippen LogP contribution in [0.25, 0.3) is 11.3 Å². The number of nitrogens with zero attached hydrogens (tertiary/aromatic N) is 1. The molecular formula is C21H20N4O3S. The van der Waals surface area contributed by atoms with Crippen LogP contribution in [-0.4, -0.2) is 29.3 Å². The fraction of sp³-hybridized carbons (Fsp3) is 0.143. The number of amides is 3. The van der Waals surface area contributed by atoms with E-state index in [1.54, 1.807) is 12.1 Å². The summed E-state index contributed by atoms with van der Waals surface area (Å²) in [6.45, 7) is 1.33. The maximum atomic E-state index is 12.1. The van der Waals surface area contributed by atoms with Gasteiger partial charge in [0.2, 0.25) is 17.7 Å². The molecule has 0 radical (unpaired) electrons. The number of hydrogen-bond acceptors (Lipinski definition) is 5. The van der Waals surface area contributed by atoms with Crippen molar-refractivity contribution in [3.05, 3.63) is 65.5 Å². The molecule has 29 heavy (non-hydrogen) atoms. The van der Waals surface area contributed by atoms with Crippen LogP contribution in [0.5, 0.6) is 0 Å². The van der Waals surface area contributed by atoms with E-state index in [0.717, 1.165) is 11.1 Å². The number of carbonyl (C=O) groups is 3. The lowest BCUT2D eigenvalue weighted by Gasteiger charge is -2.05. The standard InChI is InChI=1S/C21H20N4O3S/c1-14(26)23-17-9-7-16(8-10-17)18-13-29-21(24-18)25-20(28)12-22-19(27)11-15-5-3-2-4-6-15/h2-10,13H,11-12H2,1H3,(H,22,27)(H,23,26)(H,24,25,28). The Labute approximate surface area is 172 Å². The Morgan fingerprint density at radius 2 is 1.66 bits per heavy atom. The molecule has 0 aliphatic carbocycles. The zero-order valence-corrected chi connectivity index (χ0v) is 16.6. The van der Waals surface area contributed by atoms with Crippen LogP contribution in [0.2, 0.25) is 0 Å². The molecule has 0 atom stereocenters. The van der Waals surface area contributed by atoms with Gasteiger partial charge in [-0.15, -0.1) is 11.3 Å². The Hall–Kier alpha value is -3.52. The summed E-state index contributed by atoms with van der Waals surface area (Å²) in [6, 6.07) is 16.6. The van der Waals surface area contributed by atoms with Crippen LogP contribution in [0.3, 0.4) is 0 Å². The average Bonchev–Trinajstić information content (AvgIpc) is 3.16. The van der Waals surface area contributed by atoms with Crippen LogP contribution in [0.4, 0.5) is 10.8 Å². The second-order valence-corrected chi connectivity index (χ2v) is 7.14. The topological polar surface area (TPSA) is 100 Å². The first-order valence-electron chi connectivity index (χ1n) is 8.93. The van der Waals surface area contributed by atoms with Crippen molar-refractivity contribution in [1.29, 1.82) is 0 Å². The van der Waals surface area contributed by atoms with Gasteiger partial charge < -0.3 is 16.0 Å². The molecule has 3 rings (SSSR count). The van der Waals surface area contributed by atoms with Crippen molar-refractivity contribution in [3.8, 4) is 11.3 Å². The highest BCUT2D eigenvalue weighted by Crippen LogP contribution is 2.25. The van der Waals surface area contributed by atoms with Gasteiger partial charge in [0.1, 0.15) is 0 Å². The molecule has 0 fully saturated rings. The Morgan fingerprint density at radius 1 is 0.931 bits per heavy atom. The Kier molecular flexibility index (Phi) is 6.70. The van der Waals surface area contributed by atoms with Crippen LogP contribution < -0.4 is 16.0 Å². The lowest BCUT2D eigenvalue weighted by atomic mass is 10.1. The number of carbonyl (C=O) groups excluding carboxylic acids is 3. The van der Waals surface area contributed by atoms with E-state index in [4.69, 9.17) is 0 Å². The van der Waals surface area contributed by atoms with Crippen LogP contribution in [0.15, 0.2) is 60.0 Å². The van der Waals surface area contributed by atoms with Crippen molar-refractivity contribution in [2.45, 2.75) is 13.3 Å². The summed E-state index contributed by atoms with van der Waals surface area (Å²) in [7, 11) is 0. The molecule has 1 aromatic heterocycles. The second-order valence-electron chi connectivity index (χ2n) is 6.28. The monoisotopic (exact) mass is 408 g/mol. The molecule has 0 bridgehead atoms. The molecule has 0 aliphatic heterocycles. The van der Waals surface area contributed by atoms with Gasteiger partial charge in [-0.3, -0.25) is 14.4 Å². The van der Waals surface area contributed by atoms with Crippen LogP contribution in [0, 0.1) is 0 Å². The van der Waals surface area contributed by atoms with E-state index in [9.17, 15) is 14.4 Å². The largest absolute Gasteiger partial charge is 0.347 e. The summed E-state index contributed by atoms with van der Waals surface area (Å²) in [5.41, 5.74) is 3.18. The van der Waals surface area contributed by atoms with E-state index in [-0.39, 0.29) is 30.7 Å². The number of benzene rings is 2. The van der Waals surface area contributed by atoms with Crippen molar-refractivity contribution < 1.29 is 14.4 Å². The van der Waals surface area contributed by atoms with Gasteiger partial charge in [0.05, 0.1) is 18.7 Å². The van der Waals surface area contributed by atoms with E-state index in [1.165, 1.54) is 18.3 Å². The minimum atomic E-state index is -0.340. The van der Waals surface area contributed by atoms with Crippen molar-refractivity contribution >= 4 is 39.9 Å². The van der Waals surface area contributed by atoms with Crippen LogP contribution in [0.1, 0.15) is 12.5 Å². The minimum Gasteiger partial charge on any atom is -0.347 e. The lowest BCUT2D eigenvalue weighted by molar-refractivity contribution is -0.123. The van der Waals surface area contributed by atoms with E-state index in [2.05, 4.69) is 20.9 Å². The van der Waals surface area contributed by atoms with E-state index in [0.29, 0.717) is 16.5 Å². The van der Waals surface area contributed by atoms with Crippen molar-refractivity contribution in [1.82, 2.24) is 10.3 Å². The van der Waals surface area contributed by atoms with Gasteiger partial charge in [0.25, 0.3) is 0 Å². The van der Waals surface area contributed by atoms with Gasteiger partial charge in [-0.25, -0.2) is 4.98 Å². The SMILES string of the molecule is CC(=O)Nc1ccc(-c2csc(NC(=O)CNC(=O)Cc3ccccc3)n2)cc1. The Bertz CT molecular complexity index is 1000. The van der Waals surface area contributed by atoms with Crippen molar-refractivity contribution in [2.24, 2.45) is 0 Å². The molecule has 0 unspecified atom stereocenters. The lowest BCUT2D eigenvalue weighted by Crippen LogP contribution is -2.33. The van der Waals surface area contributed by atoms with E-state index in [1.807, 2.05) is 47.8 Å². The number of nitrogens with one attached hydrogen (secondary N) is 3. The second kappa shape index (κ2) is 9.61. The van der Waals surface area contributed by atoms with Gasteiger partial charge in [-0.05, 0) is 17.7 Å². The Balaban J connectivity index is 1.49. The minimum absolute atomic E-state index is 0.119. The number of aromatic nitrogens is 1. The molecule has 3 amide bonds. The molecule has 0 saturated carbocycles. The summed E-state index contributed by atoms with van der Waals surface area (Å²) in [5.74, 6) is -0.689. The van der Waals surface area contributed by atoms with Gasteiger partial charge in [-0.2, -0.15) is 0 Å². The highest BCUT2D eigenvalue weighted by molar-refractivity contribution is 7.14. The molecule has 0 aliphatic rings. The maximum Gasteiger partial charge on any atom is 0.245 e. The van der Waals surface area contributed by atoms with Gasteiger partial charge in [-0.1, -0.05) is 42.5 Å². The highest BCUT2D eigenvalue weighted by Gasteiger charge is 2.10. The molecule has 2 aromatic carbocycles. The fourth-order valence-corrected chi connectivity index (χ4v) is 3.31. The first kappa shape index (κ1) is 20.2. The zero-order valence-electron chi connectivity index (χ0n) is 15.8. The van der Waals surface area contributed by atoms with E-state index >= 15 is 0 Å². The Morgan fingerprint density at radius 3 is 2.34 bits per heavy atom. The molecule has 148 valence electrons. The first-order chi connectivity index (χ1) is 14.0. The van der Waals surface area contributed by atoms with Gasteiger partial charge in [0, 0.05) is 23.6 Å². The number of hydrogen-bond donors (Lipinski definition) is 3. The van der Waals surface area contributed by atoms with Gasteiger partial charge >= 0.3 is 0 Å². The fourth-order valence-electron chi connectivity index (χ4n) is 2.58. The normalized spacial score (nSPS) is 10.2. The summed E-state index contributed by atoms with van der Waals surface area (Å²) in [5, 5.41) is 10.3. The molecule has 0 saturated heterocycles. The first-order valence-corrected chi connectivity index (χ1v) is 9.81. The van der Waals surface area contributed by atoms with Crippen molar-refractivity contribution in [2.75, 3.05) is 17.2 Å². The summed E-state index contributed by atoms with van der Waals surface area (Å²) < 4.78 is 0. The quantitative estimate of drug-likeness (QED) is 0.559. The third-order valence-electron chi connectivity index (χ3n) is 3.91. The molecule has 3 N–H and O–H groups in total. The average molecular weight is 408 g/mol. The van der Waals surface area contributed by atoms with Gasteiger partial charge in [0.15, 0.2) is 5.13 Å².